The fourth-order valence-corrected chi connectivity index (χ4v) is 4.81. The lowest BCUT2D eigenvalue weighted by Gasteiger charge is -2.46. The molecule has 10 N–H and O–H groups in total. The van der Waals surface area contributed by atoms with E-state index >= 15 is 0 Å². The summed E-state index contributed by atoms with van der Waals surface area (Å²) < 4.78 is 16.6. The fourth-order valence-electron chi connectivity index (χ4n) is 4.81. The van der Waals surface area contributed by atoms with Crippen LogP contribution in [0.3, 0.4) is 0 Å². The monoisotopic (exact) mass is 587 g/mol. The lowest BCUT2D eigenvalue weighted by atomic mass is 9.96. The standard InChI is InChI=1S/C27H45N3O11/c1-2-3-4-5-6-7-12-28-27(38)30-16-10-8-15(9-11-16)29-25-22(36)21(35)24(18(14-32)39-25)41-26-23(37)20(34)19(33)17(13-31)40-26/h8-11,17-26,29,31-37H,2-7,12-14H2,1H3,(H2,28,30,38)/t17?,18?,19-,20?,21+,22?,23-,24+,25+,26?/m0/s1. The number of anilines is 2. The molecule has 234 valence electrons. The lowest BCUT2D eigenvalue weighted by Crippen LogP contribution is -2.65. The number of hydrogen-bond donors (Lipinski definition) is 10. The molecule has 0 radical (unpaired) electrons. The topological polar surface area (TPSA) is 222 Å². The van der Waals surface area contributed by atoms with Crippen molar-refractivity contribution in [2.45, 2.75) is 107 Å². The van der Waals surface area contributed by atoms with Crippen LogP contribution in [0.4, 0.5) is 16.2 Å². The van der Waals surface area contributed by atoms with Gasteiger partial charge in [0, 0.05) is 17.9 Å². The van der Waals surface area contributed by atoms with E-state index in [1.807, 2.05) is 0 Å². The Morgan fingerprint density at radius 3 is 2.07 bits per heavy atom. The molecular formula is C27H45N3O11. The van der Waals surface area contributed by atoms with Crippen molar-refractivity contribution in [3.63, 3.8) is 0 Å². The number of hydrogen-bond acceptors (Lipinski definition) is 12. The van der Waals surface area contributed by atoms with Crippen molar-refractivity contribution in [3.8, 4) is 0 Å². The minimum Gasteiger partial charge on any atom is -0.394 e. The van der Waals surface area contributed by atoms with Crippen LogP contribution in [0.5, 0.6) is 0 Å². The molecule has 5 unspecified atom stereocenters. The van der Waals surface area contributed by atoms with E-state index in [9.17, 15) is 40.5 Å². The number of amides is 2. The van der Waals surface area contributed by atoms with Crippen molar-refractivity contribution >= 4 is 17.4 Å². The molecule has 2 aliphatic heterocycles. The van der Waals surface area contributed by atoms with Gasteiger partial charge in [-0.15, -0.1) is 0 Å². The summed E-state index contributed by atoms with van der Waals surface area (Å²) in [6.45, 7) is 1.44. The van der Waals surface area contributed by atoms with E-state index in [-0.39, 0.29) is 6.03 Å². The van der Waals surface area contributed by atoms with E-state index in [4.69, 9.17) is 14.2 Å². The lowest BCUT2D eigenvalue weighted by molar-refractivity contribution is -0.340. The average Bonchev–Trinajstić information content (AvgIpc) is 2.97. The van der Waals surface area contributed by atoms with E-state index in [1.54, 1.807) is 24.3 Å². The van der Waals surface area contributed by atoms with Gasteiger partial charge >= 0.3 is 6.03 Å². The van der Waals surface area contributed by atoms with Gasteiger partial charge in [-0.25, -0.2) is 4.79 Å². The predicted molar refractivity (Wildman–Crippen MR) is 147 cm³/mol. The summed E-state index contributed by atoms with van der Waals surface area (Å²) in [5.41, 5.74) is 1.03. The normalized spacial score (nSPS) is 33.8. The van der Waals surface area contributed by atoms with E-state index in [0.717, 1.165) is 19.3 Å². The summed E-state index contributed by atoms with van der Waals surface area (Å²) >= 11 is 0. The minimum atomic E-state index is -1.74. The van der Waals surface area contributed by atoms with Gasteiger partial charge in [-0.05, 0) is 30.7 Å². The van der Waals surface area contributed by atoms with Crippen molar-refractivity contribution in [1.82, 2.24) is 5.32 Å². The molecule has 0 aromatic heterocycles. The zero-order valence-electron chi connectivity index (χ0n) is 23.2. The van der Waals surface area contributed by atoms with E-state index in [2.05, 4.69) is 22.9 Å². The molecule has 2 amide bonds. The maximum atomic E-state index is 12.1. The largest absolute Gasteiger partial charge is 0.394 e. The Bertz CT molecular complexity index is 907. The second-order valence-corrected chi connectivity index (χ2v) is 10.4. The van der Waals surface area contributed by atoms with Crippen LogP contribution < -0.4 is 16.0 Å². The van der Waals surface area contributed by atoms with E-state index < -0.39 is 74.6 Å². The summed E-state index contributed by atoms with van der Waals surface area (Å²) in [5.74, 6) is 0. The highest BCUT2D eigenvalue weighted by atomic mass is 16.7. The SMILES string of the molecule is CCCCCCCCNC(=O)Nc1ccc(N[C@@H]2OC(CO)[C@@H](OC3OC(CO)[C@H](O)C(O)[C@@H]3O)[C@H](O)C2O)cc1. The molecule has 1 aromatic rings. The zero-order valence-corrected chi connectivity index (χ0v) is 23.2. The first-order valence-corrected chi connectivity index (χ1v) is 14.2. The van der Waals surface area contributed by atoms with Gasteiger partial charge < -0.3 is 65.9 Å². The second kappa shape index (κ2) is 16.5. The van der Waals surface area contributed by atoms with Crippen molar-refractivity contribution < 1.29 is 54.8 Å². The second-order valence-electron chi connectivity index (χ2n) is 10.4. The van der Waals surface area contributed by atoms with Crippen LogP contribution in [0.1, 0.15) is 45.4 Å². The van der Waals surface area contributed by atoms with E-state index in [1.165, 1.54) is 19.3 Å². The molecule has 0 saturated carbocycles. The first kappa shape index (κ1) is 33.4. The van der Waals surface area contributed by atoms with Crippen LogP contribution in [-0.2, 0) is 14.2 Å². The van der Waals surface area contributed by atoms with Gasteiger partial charge in [-0.1, -0.05) is 39.0 Å². The number of nitrogens with one attached hydrogen (secondary N) is 3. The van der Waals surface area contributed by atoms with Crippen LogP contribution in [0.15, 0.2) is 24.3 Å². The highest BCUT2D eigenvalue weighted by Crippen LogP contribution is 2.30. The summed E-state index contributed by atoms with van der Waals surface area (Å²) in [5, 5.41) is 79.4. The number of aliphatic hydroxyl groups excluding tert-OH is 7. The average molecular weight is 588 g/mol. The maximum absolute atomic E-state index is 12.1. The molecule has 2 aliphatic rings. The molecule has 0 spiro atoms. The van der Waals surface area contributed by atoms with Crippen LogP contribution in [0.2, 0.25) is 0 Å². The van der Waals surface area contributed by atoms with Crippen molar-refractivity contribution in [2.24, 2.45) is 0 Å². The Hall–Kier alpha value is -2.11. The molecule has 1 aromatic carbocycles. The minimum absolute atomic E-state index is 0.315. The third-order valence-corrected chi connectivity index (χ3v) is 7.27. The first-order chi connectivity index (χ1) is 19.7. The number of aliphatic hydroxyl groups is 7. The Morgan fingerprint density at radius 2 is 1.41 bits per heavy atom. The third-order valence-electron chi connectivity index (χ3n) is 7.27. The quantitative estimate of drug-likeness (QED) is 0.121. The number of carbonyl (C=O) groups is 1. The summed E-state index contributed by atoms with van der Waals surface area (Å²) in [7, 11) is 0. The van der Waals surface area contributed by atoms with Crippen molar-refractivity contribution in [2.75, 3.05) is 30.4 Å². The van der Waals surface area contributed by atoms with Gasteiger partial charge in [0.05, 0.1) is 13.2 Å². The van der Waals surface area contributed by atoms with Gasteiger partial charge in [0.25, 0.3) is 0 Å². The van der Waals surface area contributed by atoms with E-state index in [0.29, 0.717) is 17.9 Å². The molecule has 41 heavy (non-hydrogen) atoms. The van der Waals surface area contributed by atoms with Crippen molar-refractivity contribution in [1.29, 1.82) is 0 Å². The Labute approximate surface area is 239 Å². The molecule has 3 rings (SSSR count). The number of carbonyl (C=O) groups excluding carboxylic acids is 1. The zero-order chi connectivity index (χ0) is 29.9. The molecule has 14 nitrogen and oxygen atoms in total. The van der Waals surface area contributed by atoms with Crippen LogP contribution in [-0.4, -0.2) is 123 Å². The molecule has 14 heteroatoms. The Morgan fingerprint density at radius 1 is 0.780 bits per heavy atom. The summed E-state index contributed by atoms with van der Waals surface area (Å²) in [4.78, 5) is 12.1. The highest BCUT2D eigenvalue weighted by Gasteiger charge is 2.50. The third kappa shape index (κ3) is 9.19. The maximum Gasteiger partial charge on any atom is 0.319 e. The van der Waals surface area contributed by atoms with Crippen molar-refractivity contribution in [3.05, 3.63) is 24.3 Å². The summed E-state index contributed by atoms with van der Waals surface area (Å²) in [6.07, 6.45) is -8.03. The van der Waals surface area contributed by atoms with Crippen LogP contribution in [0, 0.1) is 0 Å². The molecule has 0 bridgehead atoms. The van der Waals surface area contributed by atoms with Crippen LogP contribution >= 0.6 is 0 Å². The van der Waals surface area contributed by atoms with Gasteiger partial charge in [-0.3, -0.25) is 0 Å². The molecule has 2 saturated heterocycles. The van der Waals surface area contributed by atoms with Gasteiger partial charge in [0.15, 0.2) is 12.5 Å². The number of rotatable bonds is 14. The molecule has 0 aliphatic carbocycles. The Balaban J connectivity index is 1.50. The van der Waals surface area contributed by atoms with Gasteiger partial charge in [0.2, 0.25) is 0 Å². The van der Waals surface area contributed by atoms with Gasteiger partial charge in [-0.2, -0.15) is 0 Å². The number of urea groups is 1. The molecule has 2 fully saturated rings. The smallest absolute Gasteiger partial charge is 0.319 e. The predicted octanol–water partition coefficient (Wildman–Crippen LogP) is -0.795. The number of ether oxygens (including phenoxy) is 3. The van der Waals surface area contributed by atoms with Crippen LogP contribution in [0.25, 0.3) is 0 Å². The highest BCUT2D eigenvalue weighted by molar-refractivity contribution is 5.89. The fraction of sp³-hybridized carbons (Fsp3) is 0.741. The molecule has 10 atom stereocenters. The molecule has 2 heterocycles. The summed E-state index contributed by atoms with van der Waals surface area (Å²) in [6, 6.07) is 6.25. The first-order valence-electron chi connectivity index (χ1n) is 14.2. The number of unbranched alkanes of at least 4 members (excludes halogenated alkanes) is 5. The number of benzene rings is 1. The molecular weight excluding hydrogens is 542 g/mol. The Kier molecular flexibility index (Phi) is 13.4. The van der Waals surface area contributed by atoms with Gasteiger partial charge in [0.1, 0.15) is 48.8 Å².